The molecule has 5 nitrogen and oxygen atoms in total. The lowest BCUT2D eigenvalue weighted by Gasteiger charge is -2.35. The largest absolute Gasteiger partial charge is 0.372 e. The molecule has 0 saturated carbocycles. The van der Waals surface area contributed by atoms with Crippen molar-refractivity contribution in [1.82, 2.24) is 4.90 Å². The number of amides is 2. The first-order valence-corrected chi connectivity index (χ1v) is 8.86. The average Bonchev–Trinajstić information content (AvgIpc) is 2.61. The van der Waals surface area contributed by atoms with Crippen LogP contribution in [0.15, 0.2) is 48.5 Å². The standard InChI is InChI=1S/C21H24N2O3/c1-14-7-6-8-17(11-14)20(24)22-19-10-5-4-9-18(19)21(25)23-12-15(2)26-16(3)13-23/h4-11,15-16H,12-13H2,1-3H3,(H,22,24). The Balaban J connectivity index is 1.82. The smallest absolute Gasteiger partial charge is 0.256 e. The number of nitrogens with zero attached hydrogens (tertiary/aromatic N) is 1. The van der Waals surface area contributed by atoms with E-state index < -0.39 is 0 Å². The molecule has 1 N–H and O–H groups in total. The van der Waals surface area contributed by atoms with Crippen LogP contribution in [0, 0.1) is 6.92 Å². The number of aryl methyl sites for hydroxylation is 1. The number of morpholine rings is 1. The van der Waals surface area contributed by atoms with E-state index in [1.54, 1.807) is 23.1 Å². The van der Waals surface area contributed by atoms with Crippen LogP contribution < -0.4 is 5.32 Å². The Bertz CT molecular complexity index is 808. The predicted molar refractivity (Wildman–Crippen MR) is 101 cm³/mol. The van der Waals surface area contributed by atoms with Gasteiger partial charge < -0.3 is 15.0 Å². The van der Waals surface area contributed by atoms with Crippen molar-refractivity contribution in [1.29, 1.82) is 0 Å². The SMILES string of the molecule is Cc1cccc(C(=O)Nc2ccccc2C(=O)N2CC(C)OC(C)C2)c1. The summed E-state index contributed by atoms with van der Waals surface area (Å²) in [4.78, 5) is 27.4. The summed E-state index contributed by atoms with van der Waals surface area (Å²) in [7, 11) is 0. The van der Waals surface area contributed by atoms with Gasteiger partial charge in [-0.1, -0.05) is 29.8 Å². The lowest BCUT2D eigenvalue weighted by Crippen LogP contribution is -2.48. The zero-order valence-corrected chi connectivity index (χ0v) is 15.4. The van der Waals surface area contributed by atoms with E-state index in [-0.39, 0.29) is 24.0 Å². The van der Waals surface area contributed by atoms with E-state index in [1.165, 1.54) is 0 Å². The molecule has 2 aromatic rings. The average molecular weight is 352 g/mol. The van der Waals surface area contributed by atoms with Gasteiger partial charge in [-0.05, 0) is 45.0 Å². The van der Waals surface area contributed by atoms with Crippen molar-refractivity contribution in [3.05, 3.63) is 65.2 Å². The fraction of sp³-hybridized carbons (Fsp3) is 0.333. The highest BCUT2D eigenvalue weighted by Crippen LogP contribution is 2.21. The van der Waals surface area contributed by atoms with E-state index in [0.29, 0.717) is 29.9 Å². The van der Waals surface area contributed by atoms with Gasteiger partial charge in [-0.2, -0.15) is 0 Å². The molecule has 1 saturated heterocycles. The Kier molecular flexibility index (Phi) is 5.38. The van der Waals surface area contributed by atoms with Crippen LogP contribution in [-0.4, -0.2) is 42.0 Å². The third-order valence-electron chi connectivity index (χ3n) is 4.39. The molecule has 0 aliphatic carbocycles. The third kappa shape index (κ3) is 4.11. The van der Waals surface area contributed by atoms with Gasteiger partial charge in [0.25, 0.3) is 11.8 Å². The van der Waals surface area contributed by atoms with Gasteiger partial charge in [0.2, 0.25) is 0 Å². The fourth-order valence-corrected chi connectivity index (χ4v) is 3.27. The molecular formula is C21H24N2O3. The van der Waals surface area contributed by atoms with Gasteiger partial charge in [-0.15, -0.1) is 0 Å². The molecule has 0 radical (unpaired) electrons. The van der Waals surface area contributed by atoms with E-state index in [2.05, 4.69) is 5.32 Å². The lowest BCUT2D eigenvalue weighted by molar-refractivity contribution is -0.0585. The number of nitrogens with one attached hydrogen (secondary N) is 1. The quantitative estimate of drug-likeness (QED) is 0.920. The number of carbonyl (C=O) groups excluding carboxylic acids is 2. The Morgan fingerprint density at radius 1 is 1.04 bits per heavy atom. The van der Waals surface area contributed by atoms with Gasteiger partial charge in [-0.25, -0.2) is 0 Å². The van der Waals surface area contributed by atoms with E-state index in [4.69, 9.17) is 4.74 Å². The summed E-state index contributed by atoms with van der Waals surface area (Å²) in [6.45, 7) is 6.95. The van der Waals surface area contributed by atoms with Crippen molar-refractivity contribution in [3.8, 4) is 0 Å². The molecule has 2 aromatic carbocycles. The van der Waals surface area contributed by atoms with Crippen LogP contribution in [0.4, 0.5) is 5.69 Å². The topological polar surface area (TPSA) is 58.6 Å². The highest BCUT2D eigenvalue weighted by Gasteiger charge is 2.28. The molecule has 5 heteroatoms. The van der Waals surface area contributed by atoms with Crippen molar-refractivity contribution in [3.63, 3.8) is 0 Å². The summed E-state index contributed by atoms with van der Waals surface area (Å²) in [6.07, 6.45) is -0.00602. The Morgan fingerprint density at radius 3 is 2.42 bits per heavy atom. The molecule has 2 amide bonds. The van der Waals surface area contributed by atoms with Crippen LogP contribution in [0.2, 0.25) is 0 Å². The van der Waals surface area contributed by atoms with Crippen LogP contribution in [0.25, 0.3) is 0 Å². The number of para-hydroxylation sites is 1. The van der Waals surface area contributed by atoms with Crippen molar-refractivity contribution >= 4 is 17.5 Å². The minimum atomic E-state index is -0.224. The Hall–Kier alpha value is -2.66. The van der Waals surface area contributed by atoms with E-state index >= 15 is 0 Å². The number of benzene rings is 2. The molecular weight excluding hydrogens is 328 g/mol. The Labute approximate surface area is 154 Å². The highest BCUT2D eigenvalue weighted by molar-refractivity contribution is 6.09. The van der Waals surface area contributed by atoms with Gasteiger partial charge in [0.15, 0.2) is 0 Å². The molecule has 1 fully saturated rings. The van der Waals surface area contributed by atoms with Crippen molar-refractivity contribution in [2.75, 3.05) is 18.4 Å². The number of hydrogen-bond acceptors (Lipinski definition) is 3. The molecule has 136 valence electrons. The molecule has 1 aliphatic heterocycles. The van der Waals surface area contributed by atoms with Gasteiger partial charge >= 0.3 is 0 Å². The summed E-state index contributed by atoms with van der Waals surface area (Å²) >= 11 is 0. The second-order valence-electron chi connectivity index (χ2n) is 6.84. The van der Waals surface area contributed by atoms with Crippen LogP contribution >= 0.6 is 0 Å². The molecule has 2 atom stereocenters. The van der Waals surface area contributed by atoms with E-state index in [9.17, 15) is 9.59 Å². The lowest BCUT2D eigenvalue weighted by atomic mass is 10.1. The summed E-state index contributed by atoms with van der Waals surface area (Å²) in [5, 5.41) is 2.88. The minimum Gasteiger partial charge on any atom is -0.372 e. The molecule has 0 aromatic heterocycles. The normalized spacial score (nSPS) is 19.9. The number of rotatable bonds is 3. The van der Waals surface area contributed by atoms with Gasteiger partial charge in [0.1, 0.15) is 0 Å². The molecule has 2 unspecified atom stereocenters. The van der Waals surface area contributed by atoms with Crippen LogP contribution in [0.1, 0.15) is 40.1 Å². The number of carbonyl (C=O) groups is 2. The molecule has 3 rings (SSSR count). The molecule has 0 spiro atoms. The van der Waals surface area contributed by atoms with Gasteiger partial charge in [0.05, 0.1) is 23.5 Å². The Morgan fingerprint density at radius 2 is 1.73 bits per heavy atom. The first kappa shape index (κ1) is 18.1. The number of ether oxygens (including phenoxy) is 1. The number of hydrogen-bond donors (Lipinski definition) is 1. The third-order valence-corrected chi connectivity index (χ3v) is 4.39. The van der Waals surface area contributed by atoms with Crippen molar-refractivity contribution in [2.24, 2.45) is 0 Å². The molecule has 1 heterocycles. The minimum absolute atomic E-state index is 0.00301. The maximum Gasteiger partial charge on any atom is 0.256 e. The molecule has 0 bridgehead atoms. The summed E-state index contributed by atoms with van der Waals surface area (Å²) < 4.78 is 5.70. The number of anilines is 1. The summed E-state index contributed by atoms with van der Waals surface area (Å²) in [5.74, 6) is -0.315. The zero-order valence-electron chi connectivity index (χ0n) is 15.4. The monoisotopic (exact) mass is 352 g/mol. The second kappa shape index (κ2) is 7.70. The maximum atomic E-state index is 13.0. The molecule has 26 heavy (non-hydrogen) atoms. The maximum absolute atomic E-state index is 13.0. The first-order chi connectivity index (χ1) is 12.4. The predicted octanol–water partition coefficient (Wildman–Crippen LogP) is 3.50. The summed E-state index contributed by atoms with van der Waals surface area (Å²) in [5.41, 5.74) is 2.60. The fourth-order valence-electron chi connectivity index (χ4n) is 3.27. The zero-order chi connectivity index (χ0) is 18.7. The second-order valence-corrected chi connectivity index (χ2v) is 6.84. The van der Waals surface area contributed by atoms with Gasteiger partial charge in [-0.3, -0.25) is 9.59 Å². The van der Waals surface area contributed by atoms with Gasteiger partial charge in [0, 0.05) is 18.7 Å². The van der Waals surface area contributed by atoms with Crippen molar-refractivity contribution in [2.45, 2.75) is 33.0 Å². The van der Waals surface area contributed by atoms with Crippen LogP contribution in [0.5, 0.6) is 0 Å². The van der Waals surface area contributed by atoms with E-state index in [1.807, 2.05) is 51.1 Å². The molecule has 1 aliphatic rings. The first-order valence-electron chi connectivity index (χ1n) is 8.86. The van der Waals surface area contributed by atoms with Crippen LogP contribution in [-0.2, 0) is 4.74 Å². The van der Waals surface area contributed by atoms with Crippen molar-refractivity contribution < 1.29 is 14.3 Å². The summed E-state index contributed by atoms with van der Waals surface area (Å²) in [6, 6.07) is 14.5. The van der Waals surface area contributed by atoms with Crippen LogP contribution in [0.3, 0.4) is 0 Å². The van der Waals surface area contributed by atoms with E-state index in [0.717, 1.165) is 5.56 Å². The highest BCUT2D eigenvalue weighted by atomic mass is 16.5.